The first-order chi connectivity index (χ1) is 0. The smallest absolute Gasteiger partial charge is 1.00 e. The van der Waals surface area contributed by atoms with Crippen LogP contribution in [0.2, 0.25) is 0 Å². The van der Waals surface area contributed by atoms with Crippen LogP contribution in [0.25, 0.3) is 0 Å². The minimum atomic E-state index is 0. The van der Waals surface area contributed by atoms with Crippen LogP contribution in [-0.4, -0.2) is 0 Å². The first-order valence-electron chi connectivity index (χ1n) is 0. The van der Waals surface area contributed by atoms with Crippen molar-refractivity contribution in [3.63, 3.8) is 0 Å². The SMILES string of the molecule is [Br-].[Br-].[Br-].[Br-].[Br-].[Br-].[K+].[K+].[Pd]. The minimum Gasteiger partial charge on any atom is -1.00 e. The second-order valence-corrected chi connectivity index (χ2v) is 0. The number of rotatable bonds is 0. The van der Waals surface area contributed by atoms with Gasteiger partial charge in [0.2, 0.25) is 0 Å². The maximum absolute atomic E-state index is 0. The van der Waals surface area contributed by atoms with Crippen molar-refractivity contribution >= 4 is 0 Å². The summed E-state index contributed by atoms with van der Waals surface area (Å²) in [7, 11) is 0. The van der Waals surface area contributed by atoms with Crippen LogP contribution in [0.5, 0.6) is 0 Å². The molecular weight excluding hydrogens is 664 g/mol. The Morgan fingerprint density at radius 2 is 0.333 bits per heavy atom. The summed E-state index contributed by atoms with van der Waals surface area (Å²) in [6.07, 6.45) is 0. The molecule has 9 heteroatoms. The van der Waals surface area contributed by atoms with Gasteiger partial charge in [-0.1, -0.05) is 0 Å². The fraction of sp³-hybridized carbons (Fsp3) is 0. The van der Waals surface area contributed by atoms with Gasteiger partial charge < -0.3 is 102 Å². The van der Waals surface area contributed by atoms with Gasteiger partial charge in [-0.05, 0) is 0 Å². The summed E-state index contributed by atoms with van der Waals surface area (Å²) in [5.41, 5.74) is 0. The molecule has 0 rings (SSSR count). The van der Waals surface area contributed by atoms with Gasteiger partial charge in [-0.15, -0.1) is 0 Å². The van der Waals surface area contributed by atoms with Crippen LogP contribution in [0.3, 0.4) is 0 Å². The molecule has 0 aliphatic carbocycles. The van der Waals surface area contributed by atoms with Crippen molar-refractivity contribution < 1.29 is 225 Å². The van der Waals surface area contributed by atoms with E-state index in [0.717, 1.165) is 0 Å². The first kappa shape index (κ1) is 74.7. The molecule has 0 radical (unpaired) electrons. The van der Waals surface area contributed by atoms with Crippen LogP contribution in [0.4, 0.5) is 0 Å². The average molecular weight is 664 g/mol. The minimum absolute atomic E-state index is 0. The van der Waals surface area contributed by atoms with Crippen molar-refractivity contribution in [2.24, 2.45) is 0 Å². The molecule has 0 atom stereocenters. The average Bonchev–Trinajstić information content (AvgIpc) is 0. The first-order valence-corrected chi connectivity index (χ1v) is 0. The van der Waals surface area contributed by atoms with Gasteiger partial charge >= 0.3 is 103 Å². The van der Waals surface area contributed by atoms with E-state index < -0.39 is 0 Å². The molecule has 9 heavy (non-hydrogen) atoms. The monoisotopic (exact) mass is 657 g/mol. The van der Waals surface area contributed by atoms with Crippen LogP contribution in [0.15, 0.2) is 0 Å². The zero-order valence-electron chi connectivity index (χ0n) is 4.58. The molecule has 0 aromatic rings. The van der Waals surface area contributed by atoms with Crippen LogP contribution in [-0.2, 0) is 20.4 Å². The van der Waals surface area contributed by atoms with Gasteiger partial charge in [0.1, 0.15) is 0 Å². The Labute approximate surface area is 218 Å². The summed E-state index contributed by atoms with van der Waals surface area (Å²) in [5, 5.41) is 0. The Balaban J connectivity index is 0. The van der Waals surface area contributed by atoms with Crippen molar-refractivity contribution in [2.75, 3.05) is 0 Å². The van der Waals surface area contributed by atoms with E-state index in [1.165, 1.54) is 0 Å². The summed E-state index contributed by atoms with van der Waals surface area (Å²) >= 11 is 0. The summed E-state index contributed by atoms with van der Waals surface area (Å²) in [5.74, 6) is 0. The van der Waals surface area contributed by atoms with Crippen molar-refractivity contribution in [1.29, 1.82) is 0 Å². The molecule has 0 nitrogen and oxygen atoms in total. The topological polar surface area (TPSA) is 0 Å². The molecule has 0 heterocycles. The summed E-state index contributed by atoms with van der Waals surface area (Å²) in [6, 6.07) is 0. The molecule has 0 saturated heterocycles. The van der Waals surface area contributed by atoms with E-state index in [0.29, 0.717) is 0 Å². The zero-order valence-corrected chi connectivity index (χ0v) is 21.9. The predicted molar refractivity (Wildman–Crippen MR) is 0 cm³/mol. The zero-order chi connectivity index (χ0) is 0. The Morgan fingerprint density at radius 1 is 0.333 bits per heavy atom. The largest absolute Gasteiger partial charge is 1.00 e. The van der Waals surface area contributed by atoms with E-state index in [9.17, 15) is 0 Å². The Hall–Kier alpha value is 6.82. The van der Waals surface area contributed by atoms with Gasteiger partial charge in [0.15, 0.2) is 0 Å². The predicted octanol–water partition coefficient (Wildman–Crippen LogP) is -24.0. The van der Waals surface area contributed by atoms with E-state index in [-0.39, 0.29) is 225 Å². The standard InChI is InChI=1S/6BrH.2K.Pd/h6*1H;;;/q;;;;;;2*+1;/p-6. The van der Waals surface area contributed by atoms with Gasteiger partial charge in [0, 0.05) is 20.4 Å². The molecule has 0 amide bonds. The van der Waals surface area contributed by atoms with Gasteiger partial charge in [-0.2, -0.15) is 0 Å². The molecule has 0 saturated carbocycles. The van der Waals surface area contributed by atoms with E-state index >= 15 is 0 Å². The van der Waals surface area contributed by atoms with Crippen LogP contribution in [0, 0.1) is 0 Å². The Morgan fingerprint density at radius 3 is 0.333 bits per heavy atom. The molecule has 0 N–H and O–H groups in total. The van der Waals surface area contributed by atoms with E-state index in [1.807, 2.05) is 0 Å². The van der Waals surface area contributed by atoms with Crippen LogP contribution >= 0.6 is 0 Å². The molecule has 0 unspecified atom stereocenters. The molecule has 0 aliphatic heterocycles. The normalized spacial score (nSPS) is 0. The summed E-state index contributed by atoms with van der Waals surface area (Å²) < 4.78 is 0. The molecule has 58 valence electrons. The molecule has 0 aromatic heterocycles. The molecule has 0 aromatic carbocycles. The van der Waals surface area contributed by atoms with Crippen molar-refractivity contribution in [3.8, 4) is 0 Å². The van der Waals surface area contributed by atoms with Crippen molar-refractivity contribution in [1.82, 2.24) is 0 Å². The molecule has 0 bridgehead atoms. The molecular formula is Br6K2Pd-4. The van der Waals surface area contributed by atoms with Crippen molar-refractivity contribution in [2.45, 2.75) is 0 Å². The third-order valence-corrected chi connectivity index (χ3v) is 0. The fourth-order valence-electron chi connectivity index (χ4n) is 0. The summed E-state index contributed by atoms with van der Waals surface area (Å²) in [6.45, 7) is 0. The Kier molecular flexibility index (Phi) is 506. The quantitative estimate of drug-likeness (QED) is 0.226. The van der Waals surface area contributed by atoms with E-state index in [4.69, 9.17) is 0 Å². The number of hydrogen-bond donors (Lipinski definition) is 0. The van der Waals surface area contributed by atoms with E-state index in [2.05, 4.69) is 0 Å². The number of hydrogen-bond acceptors (Lipinski definition) is 0. The van der Waals surface area contributed by atoms with Gasteiger partial charge in [-0.25, -0.2) is 0 Å². The van der Waals surface area contributed by atoms with E-state index in [1.54, 1.807) is 0 Å². The van der Waals surface area contributed by atoms with Gasteiger partial charge in [-0.3, -0.25) is 0 Å². The third kappa shape index (κ3) is 52.4. The second-order valence-electron chi connectivity index (χ2n) is 0. The Bertz CT molecular complexity index is 11.0. The maximum atomic E-state index is 0. The van der Waals surface area contributed by atoms with Crippen LogP contribution in [0.1, 0.15) is 0 Å². The van der Waals surface area contributed by atoms with Gasteiger partial charge in [0.25, 0.3) is 0 Å². The van der Waals surface area contributed by atoms with Gasteiger partial charge in [0.05, 0.1) is 0 Å². The molecule has 0 spiro atoms. The third-order valence-electron chi connectivity index (χ3n) is 0. The second kappa shape index (κ2) is 60.9. The molecule has 0 fully saturated rings. The van der Waals surface area contributed by atoms with Crippen LogP contribution < -0.4 is 205 Å². The summed E-state index contributed by atoms with van der Waals surface area (Å²) in [4.78, 5) is 0. The number of halogens is 6. The fourth-order valence-corrected chi connectivity index (χ4v) is 0. The maximum Gasteiger partial charge on any atom is 1.00 e. The van der Waals surface area contributed by atoms with Crippen molar-refractivity contribution in [3.05, 3.63) is 0 Å². The molecule has 0 aliphatic rings.